The predicted molar refractivity (Wildman–Crippen MR) is 106 cm³/mol. The Morgan fingerprint density at radius 1 is 1.31 bits per heavy atom. The summed E-state index contributed by atoms with van der Waals surface area (Å²) in [4.78, 5) is 2.22. The van der Waals surface area contributed by atoms with Crippen molar-refractivity contribution in [3.8, 4) is 11.5 Å². The van der Waals surface area contributed by atoms with Crippen LogP contribution in [-0.4, -0.2) is 54.6 Å². The zero-order chi connectivity index (χ0) is 20.2. The molecule has 0 amide bonds. The molecule has 1 radical (unpaired) electrons. The second-order valence-corrected chi connectivity index (χ2v) is 7.32. The van der Waals surface area contributed by atoms with Crippen molar-refractivity contribution < 1.29 is 23.5 Å². The Morgan fingerprint density at radius 2 is 2.14 bits per heavy atom. The van der Waals surface area contributed by atoms with Gasteiger partial charge in [-0.1, -0.05) is 11.2 Å². The van der Waals surface area contributed by atoms with Gasteiger partial charge in [0.2, 0.25) is 0 Å². The highest BCUT2D eigenvalue weighted by Crippen LogP contribution is 2.33. The van der Waals surface area contributed by atoms with Crippen LogP contribution in [0.25, 0.3) is 11.0 Å². The lowest BCUT2D eigenvalue weighted by Gasteiger charge is -2.32. The van der Waals surface area contributed by atoms with Crippen LogP contribution < -0.4 is 9.47 Å². The summed E-state index contributed by atoms with van der Waals surface area (Å²) in [5.41, 5.74) is 1.39. The fourth-order valence-corrected chi connectivity index (χ4v) is 3.83. The third kappa shape index (κ3) is 4.52. The van der Waals surface area contributed by atoms with Gasteiger partial charge < -0.3 is 24.0 Å². The van der Waals surface area contributed by atoms with Gasteiger partial charge in [-0.2, -0.15) is 0 Å². The number of piperidine rings is 1. The van der Waals surface area contributed by atoms with Gasteiger partial charge in [0.25, 0.3) is 0 Å². The first-order chi connectivity index (χ1) is 14.1. The number of aliphatic hydroxyl groups excluding tert-OH is 1. The molecule has 1 fully saturated rings. The third-order valence-corrected chi connectivity index (χ3v) is 5.34. The Bertz CT molecular complexity index is 953. The summed E-state index contributed by atoms with van der Waals surface area (Å²) in [6.07, 6.45) is 1.22. The number of aromatic nitrogens is 1. The molecule has 3 aromatic rings. The average Bonchev–Trinajstić information content (AvgIpc) is 3.16. The minimum absolute atomic E-state index is 0.194. The Labute approximate surface area is 168 Å². The van der Waals surface area contributed by atoms with E-state index in [1.165, 1.54) is 12.1 Å². The van der Waals surface area contributed by atoms with Crippen molar-refractivity contribution >= 4 is 11.0 Å². The van der Waals surface area contributed by atoms with Gasteiger partial charge in [-0.15, -0.1) is 0 Å². The number of aliphatic hydroxyl groups is 1. The van der Waals surface area contributed by atoms with E-state index in [-0.39, 0.29) is 18.3 Å². The molecular formula is C22H24FN2O4. The highest BCUT2D eigenvalue weighted by molar-refractivity contribution is 5.79. The number of β-amino-alcohol motifs (C(OH)–C–C–N with tert-alkyl or cyclic N) is 1. The maximum absolute atomic E-state index is 13.3. The van der Waals surface area contributed by atoms with E-state index in [2.05, 4.69) is 16.1 Å². The molecule has 1 unspecified atom stereocenters. The van der Waals surface area contributed by atoms with E-state index in [9.17, 15) is 9.50 Å². The van der Waals surface area contributed by atoms with Gasteiger partial charge in [0.05, 0.1) is 12.8 Å². The summed E-state index contributed by atoms with van der Waals surface area (Å²) in [5.74, 6) is 1.15. The molecule has 1 N–H and O–H groups in total. The molecule has 0 spiro atoms. The van der Waals surface area contributed by atoms with Crippen molar-refractivity contribution in [3.63, 3.8) is 0 Å². The van der Waals surface area contributed by atoms with Gasteiger partial charge >= 0.3 is 0 Å². The zero-order valence-corrected chi connectivity index (χ0v) is 16.3. The van der Waals surface area contributed by atoms with Crippen LogP contribution in [0.1, 0.15) is 24.5 Å². The van der Waals surface area contributed by atoms with Gasteiger partial charge in [-0.05, 0) is 56.3 Å². The number of ether oxygens (including phenoxy) is 2. The molecule has 7 heteroatoms. The fraction of sp³-hybridized carbons (Fsp3) is 0.409. The Balaban J connectivity index is 1.28. The maximum atomic E-state index is 13.3. The molecule has 153 valence electrons. The van der Waals surface area contributed by atoms with Crippen molar-refractivity contribution in [2.45, 2.75) is 24.9 Å². The number of hydrogen-bond donors (Lipinski definition) is 1. The number of nitrogens with zero attached hydrogens (tertiary/aromatic N) is 2. The maximum Gasteiger partial charge on any atom is 0.170 e. The Hall–Kier alpha value is -2.64. The molecule has 2 heterocycles. The second-order valence-electron chi connectivity index (χ2n) is 7.32. The summed E-state index contributed by atoms with van der Waals surface area (Å²) >= 11 is 0. The number of rotatable bonds is 7. The van der Waals surface area contributed by atoms with Gasteiger partial charge in [0.15, 0.2) is 17.1 Å². The molecule has 1 saturated heterocycles. The smallest absolute Gasteiger partial charge is 0.170 e. The standard InChI is InChI=1S/C22H24FN2O4/c1-27-19-4-2-3-5-20(19)28-14-17(26)13-25-10-8-15(9-11-25)22-18-7-6-16(23)12-21(18)29-24-22/h3-7,12,15,17,26H,8-11,13-14H2,1H3. The highest BCUT2D eigenvalue weighted by atomic mass is 19.1. The largest absolute Gasteiger partial charge is 0.493 e. The number of methoxy groups -OCH3 is 1. The van der Waals surface area contributed by atoms with E-state index in [1.807, 2.05) is 0 Å². The van der Waals surface area contributed by atoms with Crippen LogP contribution in [0, 0.1) is 11.9 Å². The molecule has 1 aliphatic rings. The van der Waals surface area contributed by atoms with Crippen LogP contribution >= 0.6 is 0 Å². The van der Waals surface area contributed by atoms with Gasteiger partial charge in [0, 0.05) is 23.9 Å². The van der Waals surface area contributed by atoms with E-state index >= 15 is 0 Å². The molecule has 0 aliphatic carbocycles. The summed E-state index contributed by atoms with van der Waals surface area (Å²) in [6.45, 7) is 2.43. The van der Waals surface area contributed by atoms with Crippen LogP contribution in [0.2, 0.25) is 0 Å². The van der Waals surface area contributed by atoms with E-state index in [1.54, 1.807) is 31.4 Å². The summed E-state index contributed by atoms with van der Waals surface area (Å²) < 4.78 is 29.6. The number of fused-ring (bicyclic) bond motifs is 1. The first-order valence-corrected chi connectivity index (χ1v) is 9.76. The third-order valence-electron chi connectivity index (χ3n) is 5.34. The SMILES string of the molecule is COc1c[c]ccc1OCC(O)CN1CCC(c2noc3cc(F)ccc23)CC1. The molecule has 29 heavy (non-hydrogen) atoms. The van der Waals surface area contributed by atoms with Crippen LogP contribution in [0.3, 0.4) is 0 Å². The molecular weight excluding hydrogens is 375 g/mol. The first kappa shape index (κ1) is 19.7. The molecule has 1 atom stereocenters. The molecule has 1 aliphatic heterocycles. The highest BCUT2D eigenvalue weighted by Gasteiger charge is 2.26. The summed E-state index contributed by atoms with van der Waals surface area (Å²) in [7, 11) is 1.57. The van der Waals surface area contributed by atoms with Crippen LogP contribution in [-0.2, 0) is 0 Å². The quantitative estimate of drug-likeness (QED) is 0.657. The fourth-order valence-electron chi connectivity index (χ4n) is 3.83. The zero-order valence-electron chi connectivity index (χ0n) is 16.3. The Morgan fingerprint density at radius 3 is 2.93 bits per heavy atom. The monoisotopic (exact) mass is 399 g/mol. The lowest BCUT2D eigenvalue weighted by atomic mass is 9.91. The molecule has 2 aromatic carbocycles. The van der Waals surface area contributed by atoms with Crippen LogP contribution in [0.15, 0.2) is 40.9 Å². The number of hydrogen-bond acceptors (Lipinski definition) is 6. The van der Waals surface area contributed by atoms with Gasteiger partial charge in [-0.25, -0.2) is 4.39 Å². The predicted octanol–water partition coefficient (Wildman–Crippen LogP) is 3.39. The minimum Gasteiger partial charge on any atom is -0.493 e. The molecule has 0 saturated carbocycles. The lowest BCUT2D eigenvalue weighted by molar-refractivity contribution is 0.0583. The lowest BCUT2D eigenvalue weighted by Crippen LogP contribution is -2.40. The number of benzene rings is 2. The number of halogens is 1. The van der Waals surface area contributed by atoms with E-state index in [0.29, 0.717) is 23.6 Å². The number of likely N-dealkylation sites (tertiary alicyclic amines) is 1. The van der Waals surface area contributed by atoms with E-state index in [4.69, 9.17) is 14.0 Å². The van der Waals surface area contributed by atoms with E-state index in [0.717, 1.165) is 37.0 Å². The summed E-state index contributed by atoms with van der Waals surface area (Å²) in [5, 5.41) is 15.4. The molecule has 4 rings (SSSR count). The van der Waals surface area contributed by atoms with Crippen molar-refractivity contribution in [2.24, 2.45) is 0 Å². The van der Waals surface area contributed by atoms with Gasteiger partial charge in [0.1, 0.15) is 18.5 Å². The van der Waals surface area contributed by atoms with Crippen LogP contribution in [0.5, 0.6) is 11.5 Å². The van der Waals surface area contributed by atoms with Crippen molar-refractivity contribution in [1.82, 2.24) is 10.1 Å². The van der Waals surface area contributed by atoms with E-state index < -0.39 is 6.10 Å². The van der Waals surface area contributed by atoms with Gasteiger partial charge in [-0.3, -0.25) is 0 Å². The molecule has 0 bridgehead atoms. The average molecular weight is 399 g/mol. The first-order valence-electron chi connectivity index (χ1n) is 9.76. The second kappa shape index (κ2) is 8.80. The van der Waals surface area contributed by atoms with Crippen LogP contribution in [0.4, 0.5) is 4.39 Å². The van der Waals surface area contributed by atoms with Crippen molar-refractivity contribution in [2.75, 3.05) is 33.4 Å². The van der Waals surface area contributed by atoms with Crippen molar-refractivity contribution in [3.05, 3.63) is 54.0 Å². The topological polar surface area (TPSA) is 68.0 Å². The minimum atomic E-state index is -0.601. The molecule has 1 aromatic heterocycles. The molecule has 6 nitrogen and oxygen atoms in total. The Kier molecular flexibility index (Phi) is 5.97. The summed E-state index contributed by atoms with van der Waals surface area (Å²) in [6, 6.07) is 12.7. The van der Waals surface area contributed by atoms with Crippen molar-refractivity contribution in [1.29, 1.82) is 0 Å². The normalized spacial score (nSPS) is 16.8.